The van der Waals surface area contributed by atoms with Crippen LogP contribution in [0.2, 0.25) is 0 Å². The molecule has 12 nitrogen and oxygen atoms in total. The first kappa shape index (κ1) is 26.3. The molecule has 0 aromatic heterocycles. The molecule has 0 rings (SSSR count). The molecule has 5 atom stereocenters. The Bertz CT molecular complexity index is 610. The second-order valence-corrected chi connectivity index (χ2v) is 6.69. The maximum Gasteiger partial charge on any atom is 0.326 e. The van der Waals surface area contributed by atoms with E-state index in [1.807, 2.05) is 0 Å². The third-order valence-electron chi connectivity index (χ3n) is 4.32. The van der Waals surface area contributed by atoms with Crippen LogP contribution in [0.5, 0.6) is 0 Å². The van der Waals surface area contributed by atoms with E-state index >= 15 is 0 Å². The van der Waals surface area contributed by atoms with Crippen molar-refractivity contribution in [2.75, 3.05) is 6.54 Å². The summed E-state index contributed by atoms with van der Waals surface area (Å²) in [7, 11) is 0. The van der Waals surface area contributed by atoms with Gasteiger partial charge < -0.3 is 37.0 Å². The Hall–Kier alpha value is -2.73. The molecule has 3 amide bonds. The molecule has 0 saturated carbocycles. The van der Waals surface area contributed by atoms with Crippen LogP contribution in [0, 0.1) is 5.92 Å². The highest BCUT2D eigenvalue weighted by molar-refractivity contribution is 5.94. The average Bonchev–Trinajstić information content (AvgIpc) is 2.65. The van der Waals surface area contributed by atoms with Crippen LogP contribution in [0.15, 0.2) is 0 Å². The lowest BCUT2D eigenvalue weighted by Crippen LogP contribution is -2.60. The lowest BCUT2D eigenvalue weighted by Gasteiger charge is -2.28. The van der Waals surface area contributed by atoms with E-state index in [1.165, 1.54) is 6.92 Å². The lowest BCUT2D eigenvalue weighted by atomic mass is 9.97. The lowest BCUT2D eigenvalue weighted by molar-refractivity contribution is -0.144. The van der Waals surface area contributed by atoms with Gasteiger partial charge in [-0.15, -0.1) is 0 Å². The van der Waals surface area contributed by atoms with Crippen molar-refractivity contribution < 1.29 is 39.3 Å². The predicted octanol–water partition coefficient (Wildman–Crippen LogP) is -2.22. The molecule has 0 aromatic rings. The SMILES string of the molecule is CCC(C)C(NC(=O)CN)C(=O)NC(C(=O)NC(CCC(=O)O)C(=O)O)C(C)O. The number of carboxylic acid groups (broad SMARTS) is 2. The minimum atomic E-state index is -1.52. The first-order valence-corrected chi connectivity index (χ1v) is 9.17. The number of carbonyl (C=O) groups excluding carboxylic acids is 3. The van der Waals surface area contributed by atoms with E-state index < -0.39 is 60.3 Å². The van der Waals surface area contributed by atoms with Gasteiger partial charge in [-0.3, -0.25) is 19.2 Å². The highest BCUT2D eigenvalue weighted by atomic mass is 16.4. The van der Waals surface area contributed by atoms with Gasteiger partial charge in [0.25, 0.3) is 0 Å². The number of amides is 3. The highest BCUT2D eigenvalue weighted by Crippen LogP contribution is 2.09. The Morgan fingerprint density at radius 2 is 1.48 bits per heavy atom. The van der Waals surface area contributed by atoms with Gasteiger partial charge in [-0.25, -0.2) is 4.79 Å². The molecule has 0 aromatic carbocycles. The van der Waals surface area contributed by atoms with Crippen LogP contribution in [-0.4, -0.2) is 75.8 Å². The van der Waals surface area contributed by atoms with Gasteiger partial charge in [-0.05, 0) is 19.3 Å². The summed E-state index contributed by atoms with van der Waals surface area (Å²) in [5.74, 6) is -5.34. The van der Waals surface area contributed by atoms with Crippen LogP contribution >= 0.6 is 0 Å². The van der Waals surface area contributed by atoms with E-state index in [9.17, 15) is 29.1 Å². The van der Waals surface area contributed by atoms with Gasteiger partial charge in [-0.1, -0.05) is 20.3 Å². The molecule has 0 saturated heterocycles. The number of nitrogens with two attached hydrogens (primary N) is 1. The number of aliphatic hydroxyl groups is 1. The zero-order chi connectivity index (χ0) is 22.7. The second-order valence-electron chi connectivity index (χ2n) is 6.69. The molecule has 0 spiro atoms. The molecule has 0 aliphatic carbocycles. The summed E-state index contributed by atoms with van der Waals surface area (Å²) >= 11 is 0. The van der Waals surface area contributed by atoms with E-state index in [1.54, 1.807) is 13.8 Å². The van der Waals surface area contributed by atoms with Crippen molar-refractivity contribution >= 4 is 29.7 Å². The first-order valence-electron chi connectivity index (χ1n) is 9.17. The van der Waals surface area contributed by atoms with Gasteiger partial charge in [0, 0.05) is 6.42 Å². The Morgan fingerprint density at radius 3 is 1.90 bits per heavy atom. The molecule has 0 aliphatic rings. The van der Waals surface area contributed by atoms with Crippen LogP contribution in [0.4, 0.5) is 0 Å². The molecule has 0 bridgehead atoms. The smallest absolute Gasteiger partial charge is 0.326 e. The van der Waals surface area contributed by atoms with Crippen molar-refractivity contribution in [3.8, 4) is 0 Å². The topological polar surface area (TPSA) is 208 Å². The molecule has 0 heterocycles. The molecule has 12 heteroatoms. The Morgan fingerprint density at radius 1 is 0.931 bits per heavy atom. The van der Waals surface area contributed by atoms with E-state index in [-0.39, 0.29) is 18.9 Å². The molecule has 0 radical (unpaired) electrons. The van der Waals surface area contributed by atoms with Crippen molar-refractivity contribution in [2.45, 2.75) is 64.3 Å². The van der Waals surface area contributed by atoms with Gasteiger partial charge in [0.2, 0.25) is 17.7 Å². The first-order chi connectivity index (χ1) is 13.4. The fraction of sp³-hybridized carbons (Fsp3) is 0.706. The number of nitrogens with one attached hydrogen (secondary N) is 3. The summed E-state index contributed by atoms with van der Waals surface area (Å²) in [5.41, 5.74) is 5.25. The van der Waals surface area contributed by atoms with Crippen molar-refractivity contribution in [3.05, 3.63) is 0 Å². The van der Waals surface area contributed by atoms with Crippen molar-refractivity contribution in [2.24, 2.45) is 11.7 Å². The number of aliphatic carboxylic acids is 2. The second kappa shape index (κ2) is 12.7. The standard InChI is InChI=1S/C17H30N4O8/c1-4-8(2)13(20-11(23)7-18)15(26)21-14(9(3)22)16(27)19-10(17(28)29)5-6-12(24)25/h8-10,13-14,22H,4-7,18H2,1-3H3,(H,19,27)(H,20,23)(H,21,26)(H,24,25)(H,28,29). The predicted molar refractivity (Wildman–Crippen MR) is 100 cm³/mol. The molecule has 166 valence electrons. The van der Waals surface area contributed by atoms with Crippen LogP contribution in [0.25, 0.3) is 0 Å². The minimum Gasteiger partial charge on any atom is -0.481 e. The fourth-order valence-corrected chi connectivity index (χ4v) is 2.37. The van der Waals surface area contributed by atoms with Crippen LogP contribution < -0.4 is 21.7 Å². The normalized spacial score (nSPS) is 15.9. The number of carboxylic acids is 2. The van der Waals surface area contributed by atoms with E-state index in [0.29, 0.717) is 6.42 Å². The van der Waals surface area contributed by atoms with Crippen LogP contribution in [0.1, 0.15) is 40.0 Å². The molecule has 29 heavy (non-hydrogen) atoms. The van der Waals surface area contributed by atoms with Gasteiger partial charge in [0.05, 0.1) is 12.6 Å². The highest BCUT2D eigenvalue weighted by Gasteiger charge is 2.33. The number of rotatable bonds is 13. The van der Waals surface area contributed by atoms with Crippen molar-refractivity contribution in [1.29, 1.82) is 0 Å². The third kappa shape index (κ3) is 9.34. The molecule has 0 fully saturated rings. The van der Waals surface area contributed by atoms with E-state index in [4.69, 9.17) is 15.9 Å². The Kier molecular flexibility index (Phi) is 11.5. The Labute approximate surface area is 168 Å². The zero-order valence-corrected chi connectivity index (χ0v) is 16.7. The molecular weight excluding hydrogens is 388 g/mol. The van der Waals surface area contributed by atoms with Crippen molar-refractivity contribution in [3.63, 3.8) is 0 Å². The largest absolute Gasteiger partial charge is 0.481 e. The summed E-state index contributed by atoms with van der Waals surface area (Å²) in [4.78, 5) is 58.5. The fourth-order valence-electron chi connectivity index (χ4n) is 2.37. The van der Waals surface area contributed by atoms with E-state index in [0.717, 1.165) is 0 Å². The third-order valence-corrected chi connectivity index (χ3v) is 4.32. The quantitative estimate of drug-likeness (QED) is 0.172. The average molecular weight is 418 g/mol. The molecule has 8 N–H and O–H groups in total. The number of carbonyl (C=O) groups is 5. The number of aliphatic hydroxyl groups excluding tert-OH is 1. The van der Waals surface area contributed by atoms with Gasteiger partial charge in [0.15, 0.2) is 0 Å². The summed E-state index contributed by atoms with van der Waals surface area (Å²) < 4.78 is 0. The maximum absolute atomic E-state index is 12.6. The van der Waals surface area contributed by atoms with Gasteiger partial charge >= 0.3 is 11.9 Å². The minimum absolute atomic E-state index is 0.314. The van der Waals surface area contributed by atoms with Crippen LogP contribution in [-0.2, 0) is 24.0 Å². The number of hydrogen-bond donors (Lipinski definition) is 7. The van der Waals surface area contributed by atoms with Crippen molar-refractivity contribution in [1.82, 2.24) is 16.0 Å². The maximum atomic E-state index is 12.6. The summed E-state index contributed by atoms with van der Waals surface area (Å²) in [6.45, 7) is 4.36. The Balaban J connectivity index is 5.33. The van der Waals surface area contributed by atoms with Gasteiger partial charge in [-0.2, -0.15) is 0 Å². The summed E-state index contributed by atoms with van der Waals surface area (Å²) in [6.07, 6.45) is -1.75. The number of hydrogen-bond acceptors (Lipinski definition) is 7. The zero-order valence-electron chi connectivity index (χ0n) is 16.7. The van der Waals surface area contributed by atoms with E-state index in [2.05, 4.69) is 16.0 Å². The molecular formula is C17H30N4O8. The summed E-state index contributed by atoms with van der Waals surface area (Å²) in [5, 5.41) is 34.6. The summed E-state index contributed by atoms with van der Waals surface area (Å²) in [6, 6.07) is -4.05. The molecule has 5 unspecified atom stereocenters. The molecule has 0 aliphatic heterocycles. The monoisotopic (exact) mass is 418 g/mol. The van der Waals surface area contributed by atoms with Crippen LogP contribution in [0.3, 0.4) is 0 Å². The van der Waals surface area contributed by atoms with Gasteiger partial charge in [0.1, 0.15) is 18.1 Å².